The van der Waals surface area contributed by atoms with Crippen molar-refractivity contribution < 1.29 is 9.63 Å². The van der Waals surface area contributed by atoms with Crippen LogP contribution in [-0.2, 0) is 4.84 Å². The molecular formula is C10H10BrClN2O2. The Labute approximate surface area is 107 Å². The average molecular weight is 306 g/mol. The van der Waals surface area contributed by atoms with E-state index >= 15 is 0 Å². The van der Waals surface area contributed by atoms with Gasteiger partial charge in [-0.15, -0.1) is 0 Å². The third kappa shape index (κ3) is 2.53. The summed E-state index contributed by atoms with van der Waals surface area (Å²) in [5.41, 5.74) is 0.359. The van der Waals surface area contributed by atoms with E-state index in [9.17, 15) is 4.79 Å². The van der Waals surface area contributed by atoms with Gasteiger partial charge in [0, 0.05) is 17.2 Å². The largest absolute Gasteiger partial charge is 0.280 e. The Morgan fingerprint density at radius 2 is 2.38 bits per heavy atom. The van der Waals surface area contributed by atoms with Crippen LogP contribution in [0, 0.1) is 0 Å². The summed E-state index contributed by atoms with van der Waals surface area (Å²) in [5, 5.41) is 1.54. The Balaban J connectivity index is 2.22. The molecule has 0 aliphatic carbocycles. The van der Waals surface area contributed by atoms with Crippen molar-refractivity contribution in [1.29, 1.82) is 0 Å². The van der Waals surface area contributed by atoms with Gasteiger partial charge in [0.2, 0.25) is 0 Å². The number of pyridine rings is 1. The van der Waals surface area contributed by atoms with E-state index in [1.165, 1.54) is 5.06 Å². The van der Waals surface area contributed by atoms with Crippen molar-refractivity contribution in [2.75, 3.05) is 13.2 Å². The fraction of sp³-hybridized carbons (Fsp3) is 0.400. The van der Waals surface area contributed by atoms with E-state index in [1.54, 1.807) is 12.3 Å². The zero-order valence-electron chi connectivity index (χ0n) is 8.45. The van der Waals surface area contributed by atoms with Crippen molar-refractivity contribution in [3.05, 3.63) is 27.5 Å². The van der Waals surface area contributed by atoms with Gasteiger partial charge in [-0.3, -0.25) is 9.63 Å². The second-order valence-corrected chi connectivity index (χ2v) is 4.71. The van der Waals surface area contributed by atoms with Crippen molar-refractivity contribution in [1.82, 2.24) is 10.0 Å². The number of halogens is 2. The predicted molar refractivity (Wildman–Crippen MR) is 63.2 cm³/mol. The van der Waals surface area contributed by atoms with Crippen molar-refractivity contribution in [2.45, 2.75) is 12.8 Å². The van der Waals surface area contributed by atoms with Crippen molar-refractivity contribution >= 4 is 33.4 Å². The number of aromatic nitrogens is 1. The highest BCUT2D eigenvalue weighted by Crippen LogP contribution is 2.21. The number of carbonyl (C=O) groups is 1. The maximum atomic E-state index is 12.0. The number of hydroxylamine groups is 2. The molecule has 2 heterocycles. The lowest BCUT2D eigenvalue weighted by molar-refractivity contribution is -0.144. The number of rotatable bonds is 1. The molecule has 0 radical (unpaired) electrons. The highest BCUT2D eigenvalue weighted by atomic mass is 79.9. The van der Waals surface area contributed by atoms with Crippen LogP contribution in [0.15, 0.2) is 16.7 Å². The lowest BCUT2D eigenvalue weighted by Gasteiger charge is -2.25. The topological polar surface area (TPSA) is 42.4 Å². The van der Waals surface area contributed by atoms with Gasteiger partial charge in [0.1, 0.15) is 5.15 Å². The van der Waals surface area contributed by atoms with Crippen LogP contribution >= 0.6 is 27.5 Å². The van der Waals surface area contributed by atoms with Crippen LogP contribution in [-0.4, -0.2) is 29.1 Å². The third-order valence-corrected chi connectivity index (χ3v) is 3.00. The summed E-state index contributed by atoms with van der Waals surface area (Å²) in [5.74, 6) is -0.237. The number of hydrogen-bond donors (Lipinski definition) is 0. The Bertz CT molecular complexity index is 408. The van der Waals surface area contributed by atoms with Gasteiger partial charge in [-0.2, -0.15) is 0 Å². The fourth-order valence-corrected chi connectivity index (χ4v) is 1.98. The molecule has 86 valence electrons. The molecule has 0 N–H and O–H groups in total. The molecule has 1 aliphatic rings. The first-order valence-electron chi connectivity index (χ1n) is 4.94. The molecule has 1 saturated heterocycles. The van der Waals surface area contributed by atoms with E-state index < -0.39 is 0 Å². The Kier molecular flexibility index (Phi) is 3.78. The molecule has 0 bridgehead atoms. The van der Waals surface area contributed by atoms with Crippen molar-refractivity contribution in [3.8, 4) is 0 Å². The van der Waals surface area contributed by atoms with Gasteiger partial charge in [-0.05, 0) is 34.8 Å². The van der Waals surface area contributed by atoms with E-state index in [2.05, 4.69) is 20.9 Å². The van der Waals surface area contributed by atoms with Gasteiger partial charge >= 0.3 is 0 Å². The molecule has 4 nitrogen and oxygen atoms in total. The first-order valence-corrected chi connectivity index (χ1v) is 6.11. The van der Waals surface area contributed by atoms with Crippen LogP contribution in [0.5, 0.6) is 0 Å². The SMILES string of the molecule is O=C(c1cc(Br)cnc1Cl)N1CCCCO1. The minimum Gasteiger partial charge on any atom is -0.271 e. The smallest absolute Gasteiger partial charge is 0.271 e. The number of hydrogen-bond acceptors (Lipinski definition) is 3. The molecule has 0 saturated carbocycles. The summed E-state index contributed by atoms with van der Waals surface area (Å²) in [6.45, 7) is 1.17. The second kappa shape index (κ2) is 5.12. The molecule has 6 heteroatoms. The minimum atomic E-state index is -0.237. The first kappa shape index (κ1) is 11.8. The second-order valence-electron chi connectivity index (χ2n) is 3.44. The van der Waals surface area contributed by atoms with Gasteiger partial charge in [0.25, 0.3) is 5.91 Å². The summed E-state index contributed by atoms with van der Waals surface area (Å²) in [6.07, 6.45) is 3.48. The standard InChI is InChI=1S/C10H10BrClN2O2/c11-7-5-8(9(12)13-6-7)10(15)14-3-1-2-4-16-14/h5-6H,1-4H2. The van der Waals surface area contributed by atoms with Crippen LogP contribution in [0.1, 0.15) is 23.2 Å². The molecule has 0 unspecified atom stereocenters. The molecule has 1 aliphatic heterocycles. The first-order chi connectivity index (χ1) is 7.68. The molecule has 1 aromatic heterocycles. The summed E-state index contributed by atoms with van der Waals surface area (Å²) >= 11 is 9.13. The average Bonchev–Trinajstić information content (AvgIpc) is 2.32. The summed E-state index contributed by atoms with van der Waals surface area (Å²) < 4.78 is 0.720. The predicted octanol–water partition coefficient (Wildman–Crippen LogP) is 2.67. The fourth-order valence-electron chi connectivity index (χ4n) is 1.46. The molecule has 1 fully saturated rings. The Morgan fingerprint density at radius 3 is 3.06 bits per heavy atom. The van der Waals surface area contributed by atoms with Crippen LogP contribution in [0.2, 0.25) is 5.15 Å². The molecule has 1 amide bonds. The lowest BCUT2D eigenvalue weighted by Crippen LogP contribution is -2.36. The summed E-state index contributed by atoms with van der Waals surface area (Å²) in [7, 11) is 0. The van der Waals surface area contributed by atoms with Gasteiger partial charge in [-0.1, -0.05) is 11.6 Å². The van der Waals surface area contributed by atoms with E-state index in [4.69, 9.17) is 16.4 Å². The van der Waals surface area contributed by atoms with E-state index in [0.717, 1.165) is 17.3 Å². The maximum absolute atomic E-state index is 12.0. The summed E-state index contributed by atoms with van der Waals surface area (Å²) in [4.78, 5) is 21.2. The Hall–Kier alpha value is -0.650. The van der Waals surface area contributed by atoms with E-state index in [0.29, 0.717) is 18.7 Å². The van der Waals surface area contributed by atoms with Crippen LogP contribution < -0.4 is 0 Å². The van der Waals surface area contributed by atoms with Crippen molar-refractivity contribution in [3.63, 3.8) is 0 Å². The lowest BCUT2D eigenvalue weighted by atomic mass is 10.2. The number of nitrogens with zero attached hydrogens (tertiary/aromatic N) is 2. The quantitative estimate of drug-likeness (QED) is 0.749. The highest BCUT2D eigenvalue weighted by Gasteiger charge is 2.22. The van der Waals surface area contributed by atoms with Crippen LogP contribution in [0.4, 0.5) is 0 Å². The molecule has 1 aromatic rings. The molecular weight excluding hydrogens is 295 g/mol. The van der Waals surface area contributed by atoms with E-state index in [-0.39, 0.29) is 11.1 Å². The number of amides is 1. The summed E-state index contributed by atoms with van der Waals surface area (Å²) in [6, 6.07) is 1.65. The van der Waals surface area contributed by atoms with Gasteiger partial charge < -0.3 is 0 Å². The van der Waals surface area contributed by atoms with E-state index in [1.807, 2.05) is 0 Å². The van der Waals surface area contributed by atoms with Gasteiger partial charge in [-0.25, -0.2) is 10.0 Å². The minimum absolute atomic E-state index is 0.197. The Morgan fingerprint density at radius 1 is 1.56 bits per heavy atom. The van der Waals surface area contributed by atoms with Crippen LogP contribution in [0.25, 0.3) is 0 Å². The highest BCUT2D eigenvalue weighted by molar-refractivity contribution is 9.10. The third-order valence-electron chi connectivity index (χ3n) is 2.27. The molecule has 2 rings (SSSR count). The van der Waals surface area contributed by atoms with Gasteiger partial charge in [0.05, 0.1) is 12.2 Å². The molecule has 0 atom stereocenters. The zero-order chi connectivity index (χ0) is 11.5. The molecule has 0 spiro atoms. The molecule has 0 aromatic carbocycles. The van der Waals surface area contributed by atoms with Gasteiger partial charge in [0.15, 0.2) is 0 Å². The van der Waals surface area contributed by atoms with Crippen LogP contribution in [0.3, 0.4) is 0 Å². The monoisotopic (exact) mass is 304 g/mol. The molecule has 16 heavy (non-hydrogen) atoms. The normalized spacial score (nSPS) is 16.2. The zero-order valence-corrected chi connectivity index (χ0v) is 10.8. The number of carbonyl (C=O) groups excluding carboxylic acids is 1. The van der Waals surface area contributed by atoms with Crippen molar-refractivity contribution in [2.24, 2.45) is 0 Å². The maximum Gasteiger partial charge on any atom is 0.280 e.